The van der Waals surface area contributed by atoms with E-state index >= 15 is 0 Å². The quantitative estimate of drug-likeness (QED) is 0.727. The molecule has 4 heteroatoms. The lowest BCUT2D eigenvalue weighted by molar-refractivity contribution is 0.280. The van der Waals surface area contributed by atoms with Crippen LogP contribution >= 0.6 is 0 Å². The number of hydrogen-bond donors (Lipinski definition) is 2. The predicted octanol–water partition coefficient (Wildman–Crippen LogP) is 0.608. The summed E-state index contributed by atoms with van der Waals surface area (Å²) in [6, 6.07) is 0.509. The van der Waals surface area contributed by atoms with Gasteiger partial charge in [0.15, 0.2) is 0 Å². The molecule has 2 heterocycles. The molecule has 2 rings (SSSR count). The molecule has 4 nitrogen and oxygen atoms in total. The summed E-state index contributed by atoms with van der Waals surface area (Å²) < 4.78 is 2.02. The van der Waals surface area contributed by atoms with E-state index in [0.717, 1.165) is 37.2 Å². The van der Waals surface area contributed by atoms with Gasteiger partial charge in [0.1, 0.15) is 0 Å². The molecule has 1 aromatic rings. The van der Waals surface area contributed by atoms with Crippen LogP contribution in [0.15, 0.2) is 6.20 Å². The Bertz CT molecular complexity index is 302. The minimum Gasteiger partial charge on any atom is -0.392 e. The van der Waals surface area contributed by atoms with Crippen molar-refractivity contribution in [1.29, 1.82) is 0 Å². The van der Waals surface area contributed by atoms with Crippen LogP contribution in [0.25, 0.3) is 0 Å². The summed E-state index contributed by atoms with van der Waals surface area (Å²) >= 11 is 0. The fourth-order valence-electron chi connectivity index (χ4n) is 1.93. The first-order valence-corrected chi connectivity index (χ1v) is 5.17. The molecule has 2 N–H and O–H groups in total. The summed E-state index contributed by atoms with van der Waals surface area (Å²) in [5.74, 6) is 0. The summed E-state index contributed by atoms with van der Waals surface area (Å²) in [6.07, 6.45) is 4.24. The third-order valence-corrected chi connectivity index (χ3v) is 2.87. The lowest BCUT2D eigenvalue weighted by atomic mass is 10.1. The molecule has 0 saturated carbocycles. The first-order chi connectivity index (χ1) is 6.81. The summed E-state index contributed by atoms with van der Waals surface area (Å²) in [4.78, 5) is 0. The maximum absolute atomic E-state index is 9.06. The zero-order chi connectivity index (χ0) is 9.97. The molecule has 0 atom stereocenters. The minimum absolute atomic E-state index is 0.0941. The van der Waals surface area contributed by atoms with E-state index in [0.29, 0.717) is 6.04 Å². The average molecular weight is 195 g/mol. The summed E-state index contributed by atoms with van der Waals surface area (Å²) in [5, 5.41) is 16.8. The van der Waals surface area contributed by atoms with Crippen molar-refractivity contribution in [2.45, 2.75) is 32.4 Å². The van der Waals surface area contributed by atoms with Crippen molar-refractivity contribution < 1.29 is 5.11 Å². The highest BCUT2D eigenvalue weighted by atomic mass is 16.3. The second-order valence-corrected chi connectivity index (χ2v) is 3.86. The third-order valence-electron chi connectivity index (χ3n) is 2.87. The first-order valence-electron chi connectivity index (χ1n) is 5.17. The van der Waals surface area contributed by atoms with E-state index in [4.69, 9.17) is 5.11 Å². The lowest BCUT2D eigenvalue weighted by Crippen LogP contribution is -2.29. The molecule has 1 aliphatic rings. The zero-order valence-electron chi connectivity index (χ0n) is 8.53. The van der Waals surface area contributed by atoms with Gasteiger partial charge in [-0.05, 0) is 32.9 Å². The Morgan fingerprint density at radius 2 is 2.29 bits per heavy atom. The van der Waals surface area contributed by atoms with E-state index in [1.807, 2.05) is 17.8 Å². The molecule has 1 fully saturated rings. The van der Waals surface area contributed by atoms with Gasteiger partial charge in [0.2, 0.25) is 0 Å². The van der Waals surface area contributed by atoms with Crippen molar-refractivity contribution >= 4 is 0 Å². The number of nitrogens with zero attached hydrogens (tertiary/aromatic N) is 2. The second kappa shape index (κ2) is 4.11. The van der Waals surface area contributed by atoms with Crippen LogP contribution in [0.1, 0.15) is 30.1 Å². The topological polar surface area (TPSA) is 50.1 Å². The Hall–Kier alpha value is -0.870. The molecule has 1 aliphatic heterocycles. The van der Waals surface area contributed by atoms with Gasteiger partial charge in [-0.1, -0.05) is 0 Å². The van der Waals surface area contributed by atoms with Crippen molar-refractivity contribution in [3.63, 3.8) is 0 Å². The Morgan fingerprint density at radius 1 is 1.57 bits per heavy atom. The largest absolute Gasteiger partial charge is 0.392 e. The van der Waals surface area contributed by atoms with E-state index in [9.17, 15) is 0 Å². The molecule has 1 saturated heterocycles. The molecule has 14 heavy (non-hydrogen) atoms. The van der Waals surface area contributed by atoms with Crippen LogP contribution in [0.2, 0.25) is 0 Å². The molecular weight excluding hydrogens is 178 g/mol. The minimum atomic E-state index is 0.0941. The number of aliphatic hydroxyl groups excluding tert-OH is 1. The summed E-state index contributed by atoms with van der Waals surface area (Å²) in [6.45, 7) is 4.18. The van der Waals surface area contributed by atoms with Crippen LogP contribution in [0.4, 0.5) is 0 Å². The number of nitrogens with one attached hydrogen (secondary N) is 1. The highest BCUT2D eigenvalue weighted by Crippen LogP contribution is 2.19. The number of hydrogen-bond acceptors (Lipinski definition) is 3. The van der Waals surface area contributed by atoms with Crippen LogP contribution < -0.4 is 5.32 Å². The van der Waals surface area contributed by atoms with E-state index in [1.165, 1.54) is 0 Å². The molecule has 0 aliphatic carbocycles. The van der Waals surface area contributed by atoms with E-state index < -0.39 is 0 Å². The smallest absolute Gasteiger partial charge is 0.0715 e. The van der Waals surface area contributed by atoms with E-state index in [1.54, 1.807) is 0 Å². The fourth-order valence-corrected chi connectivity index (χ4v) is 1.93. The normalized spacial score (nSPS) is 18.7. The molecular formula is C10H17N3O. The van der Waals surface area contributed by atoms with Gasteiger partial charge in [-0.3, -0.25) is 4.68 Å². The van der Waals surface area contributed by atoms with Gasteiger partial charge in [-0.25, -0.2) is 0 Å². The Kier molecular flexibility index (Phi) is 2.84. The van der Waals surface area contributed by atoms with E-state index in [-0.39, 0.29) is 6.61 Å². The average Bonchev–Trinajstić information content (AvgIpc) is 2.61. The molecule has 0 amide bonds. The first kappa shape index (κ1) is 9.68. The third kappa shape index (κ3) is 1.81. The highest BCUT2D eigenvalue weighted by Gasteiger charge is 2.16. The number of piperidine rings is 1. The van der Waals surface area contributed by atoms with Gasteiger partial charge < -0.3 is 10.4 Å². The Morgan fingerprint density at radius 3 is 2.86 bits per heavy atom. The van der Waals surface area contributed by atoms with E-state index in [2.05, 4.69) is 10.4 Å². The predicted molar refractivity (Wildman–Crippen MR) is 54.0 cm³/mol. The Balaban J connectivity index is 2.14. The molecule has 0 aromatic carbocycles. The van der Waals surface area contributed by atoms with Crippen molar-refractivity contribution in [2.24, 2.45) is 0 Å². The van der Waals surface area contributed by atoms with Crippen LogP contribution in [0.3, 0.4) is 0 Å². The summed E-state index contributed by atoms with van der Waals surface area (Å²) in [5.41, 5.74) is 1.90. The SMILES string of the molecule is Cc1nn(C2CCNCC2)cc1CO. The van der Waals surface area contributed by atoms with Crippen LogP contribution in [-0.2, 0) is 6.61 Å². The molecule has 0 unspecified atom stereocenters. The van der Waals surface area contributed by atoms with Gasteiger partial charge in [0.25, 0.3) is 0 Å². The molecule has 0 spiro atoms. The molecule has 0 radical (unpaired) electrons. The monoisotopic (exact) mass is 195 g/mol. The second-order valence-electron chi connectivity index (χ2n) is 3.86. The van der Waals surface area contributed by atoms with Crippen LogP contribution in [-0.4, -0.2) is 28.0 Å². The van der Waals surface area contributed by atoms with Crippen molar-refractivity contribution in [3.8, 4) is 0 Å². The lowest BCUT2D eigenvalue weighted by Gasteiger charge is -2.22. The number of aryl methyl sites for hydroxylation is 1. The van der Waals surface area contributed by atoms with Crippen LogP contribution in [0.5, 0.6) is 0 Å². The maximum Gasteiger partial charge on any atom is 0.0715 e. The standard InChI is InChI=1S/C10H17N3O/c1-8-9(7-14)6-13(12-8)10-2-4-11-5-3-10/h6,10-11,14H,2-5,7H2,1H3. The number of rotatable bonds is 2. The number of aliphatic hydroxyl groups is 1. The Labute approximate surface area is 83.9 Å². The molecule has 0 bridgehead atoms. The number of aromatic nitrogens is 2. The zero-order valence-corrected chi connectivity index (χ0v) is 8.53. The molecule has 1 aromatic heterocycles. The van der Waals surface area contributed by atoms with Gasteiger partial charge in [0.05, 0.1) is 18.3 Å². The van der Waals surface area contributed by atoms with Gasteiger partial charge in [-0.15, -0.1) is 0 Å². The fraction of sp³-hybridized carbons (Fsp3) is 0.700. The molecule has 78 valence electrons. The van der Waals surface area contributed by atoms with Gasteiger partial charge in [-0.2, -0.15) is 5.10 Å². The highest BCUT2D eigenvalue weighted by molar-refractivity contribution is 5.14. The van der Waals surface area contributed by atoms with Crippen molar-refractivity contribution in [1.82, 2.24) is 15.1 Å². The maximum atomic E-state index is 9.06. The van der Waals surface area contributed by atoms with Crippen molar-refractivity contribution in [3.05, 3.63) is 17.5 Å². The van der Waals surface area contributed by atoms with Crippen LogP contribution in [0, 0.1) is 6.92 Å². The summed E-state index contributed by atoms with van der Waals surface area (Å²) in [7, 11) is 0. The van der Waals surface area contributed by atoms with Crippen molar-refractivity contribution in [2.75, 3.05) is 13.1 Å². The van der Waals surface area contributed by atoms with Gasteiger partial charge >= 0.3 is 0 Å². The van der Waals surface area contributed by atoms with Gasteiger partial charge in [0, 0.05) is 11.8 Å².